The summed E-state index contributed by atoms with van der Waals surface area (Å²) in [5.74, 6) is -0.622. The molecule has 1 N–H and O–H groups in total. The lowest BCUT2D eigenvalue weighted by Crippen LogP contribution is -2.30. The number of nitrogens with one attached hydrogen (secondary N) is 1. The van der Waals surface area contributed by atoms with Gasteiger partial charge in [0.05, 0.1) is 11.5 Å². The third-order valence-corrected chi connectivity index (χ3v) is 6.14. The van der Waals surface area contributed by atoms with E-state index in [0.717, 1.165) is 0 Å². The first-order valence-electron chi connectivity index (χ1n) is 8.47. The van der Waals surface area contributed by atoms with Crippen LogP contribution >= 0.6 is 0 Å². The fourth-order valence-corrected chi connectivity index (χ4v) is 4.62. The fraction of sp³-hybridized carbons (Fsp3) is 0.556. The van der Waals surface area contributed by atoms with Crippen LogP contribution in [0, 0.1) is 5.92 Å². The van der Waals surface area contributed by atoms with Gasteiger partial charge in [0, 0.05) is 12.1 Å². The Labute approximate surface area is 148 Å². The zero-order chi connectivity index (χ0) is 18.6. The molecule has 0 unspecified atom stereocenters. The molecule has 2 rings (SSSR count). The van der Waals surface area contributed by atoms with Crippen molar-refractivity contribution in [3.63, 3.8) is 0 Å². The largest absolute Gasteiger partial charge is 0.453 e. The SMILES string of the molecule is CC(C)c1ccc(NC(=O)[C@@H](C)OC(=O)C[C@H]2CCS(=O)(=O)C2)cc1. The number of carbonyl (C=O) groups is 2. The maximum absolute atomic E-state index is 12.1. The molecule has 0 radical (unpaired) electrons. The van der Waals surface area contributed by atoms with Crippen molar-refractivity contribution in [2.45, 2.75) is 45.6 Å². The van der Waals surface area contributed by atoms with Gasteiger partial charge in [0.2, 0.25) is 0 Å². The van der Waals surface area contributed by atoms with Crippen molar-refractivity contribution in [3.05, 3.63) is 29.8 Å². The van der Waals surface area contributed by atoms with Crippen molar-refractivity contribution in [1.82, 2.24) is 0 Å². The van der Waals surface area contributed by atoms with Crippen LogP contribution in [0.15, 0.2) is 24.3 Å². The van der Waals surface area contributed by atoms with E-state index in [1.807, 2.05) is 24.3 Å². The van der Waals surface area contributed by atoms with Crippen molar-refractivity contribution in [2.75, 3.05) is 16.8 Å². The smallest absolute Gasteiger partial charge is 0.306 e. The first-order chi connectivity index (χ1) is 11.7. The molecule has 6 nitrogen and oxygen atoms in total. The molecule has 25 heavy (non-hydrogen) atoms. The van der Waals surface area contributed by atoms with E-state index >= 15 is 0 Å². The normalized spacial score (nSPS) is 20.2. The van der Waals surface area contributed by atoms with Gasteiger partial charge in [-0.2, -0.15) is 0 Å². The molecule has 1 fully saturated rings. The van der Waals surface area contributed by atoms with Crippen LogP contribution in [0.1, 0.15) is 45.1 Å². The molecule has 0 aliphatic carbocycles. The molecule has 1 aliphatic heterocycles. The molecule has 1 aromatic carbocycles. The minimum Gasteiger partial charge on any atom is -0.453 e. The van der Waals surface area contributed by atoms with Crippen molar-refractivity contribution >= 4 is 27.4 Å². The van der Waals surface area contributed by atoms with Crippen LogP contribution in [-0.2, 0) is 24.2 Å². The summed E-state index contributed by atoms with van der Waals surface area (Å²) in [5.41, 5.74) is 1.81. The predicted octanol–water partition coefficient (Wildman–Crippen LogP) is 2.51. The highest BCUT2D eigenvalue weighted by molar-refractivity contribution is 7.91. The van der Waals surface area contributed by atoms with E-state index in [0.29, 0.717) is 18.0 Å². The Morgan fingerprint density at radius 2 is 1.84 bits per heavy atom. The minimum atomic E-state index is -3.02. The standard InChI is InChI=1S/C18H25NO5S/c1-12(2)15-4-6-16(7-5-15)19-18(21)13(3)24-17(20)10-14-8-9-25(22,23)11-14/h4-7,12-14H,8-11H2,1-3H3,(H,19,21)/t13-,14-/m1/s1. The molecule has 0 bridgehead atoms. The van der Waals surface area contributed by atoms with Crippen molar-refractivity contribution < 1.29 is 22.7 Å². The number of rotatable bonds is 6. The number of hydrogen-bond donors (Lipinski definition) is 1. The number of esters is 1. The van der Waals surface area contributed by atoms with Gasteiger partial charge in [0.25, 0.3) is 5.91 Å². The first-order valence-corrected chi connectivity index (χ1v) is 10.3. The maximum Gasteiger partial charge on any atom is 0.306 e. The maximum atomic E-state index is 12.1. The average molecular weight is 367 g/mol. The van der Waals surface area contributed by atoms with Gasteiger partial charge in [-0.15, -0.1) is 0 Å². The van der Waals surface area contributed by atoms with Crippen molar-refractivity contribution in [3.8, 4) is 0 Å². The van der Waals surface area contributed by atoms with Gasteiger partial charge in [-0.05, 0) is 42.9 Å². The Hall–Kier alpha value is -1.89. The molecular formula is C18H25NO5S. The monoisotopic (exact) mass is 367 g/mol. The first kappa shape index (κ1) is 19.4. The summed E-state index contributed by atoms with van der Waals surface area (Å²) in [6.45, 7) is 5.68. The molecule has 0 aromatic heterocycles. The van der Waals surface area contributed by atoms with Crippen LogP contribution in [-0.4, -0.2) is 37.9 Å². The summed E-state index contributed by atoms with van der Waals surface area (Å²) in [6.07, 6.45) is -0.435. The quantitative estimate of drug-likeness (QED) is 0.780. The number of carbonyl (C=O) groups excluding carboxylic acids is 2. The van der Waals surface area contributed by atoms with Crippen molar-refractivity contribution in [1.29, 1.82) is 0 Å². The van der Waals surface area contributed by atoms with E-state index in [1.165, 1.54) is 12.5 Å². The number of hydrogen-bond acceptors (Lipinski definition) is 5. The molecule has 138 valence electrons. The van der Waals surface area contributed by atoms with Crippen LogP contribution in [0.5, 0.6) is 0 Å². The summed E-state index contributed by atoms with van der Waals surface area (Å²) in [7, 11) is -3.02. The molecule has 0 spiro atoms. The predicted molar refractivity (Wildman–Crippen MR) is 96.1 cm³/mol. The molecule has 0 saturated carbocycles. The zero-order valence-corrected chi connectivity index (χ0v) is 15.6. The Bertz CT molecular complexity index is 724. The van der Waals surface area contributed by atoms with Crippen LogP contribution in [0.2, 0.25) is 0 Å². The second-order valence-corrected chi connectivity index (χ2v) is 9.10. The lowest BCUT2D eigenvalue weighted by atomic mass is 10.0. The van der Waals surface area contributed by atoms with Gasteiger partial charge in [-0.25, -0.2) is 8.42 Å². The highest BCUT2D eigenvalue weighted by Crippen LogP contribution is 2.22. The van der Waals surface area contributed by atoms with Gasteiger partial charge in [-0.1, -0.05) is 26.0 Å². The van der Waals surface area contributed by atoms with E-state index in [-0.39, 0.29) is 23.8 Å². The van der Waals surface area contributed by atoms with Gasteiger partial charge < -0.3 is 10.1 Å². The third kappa shape index (κ3) is 5.85. The number of sulfone groups is 1. The number of benzene rings is 1. The number of anilines is 1. The lowest BCUT2D eigenvalue weighted by Gasteiger charge is -2.15. The van der Waals surface area contributed by atoms with E-state index < -0.39 is 27.8 Å². The Balaban J connectivity index is 1.82. The summed E-state index contributed by atoms with van der Waals surface area (Å²) in [4.78, 5) is 24.0. The van der Waals surface area contributed by atoms with Crippen LogP contribution in [0.3, 0.4) is 0 Å². The second kappa shape index (κ2) is 7.99. The van der Waals surface area contributed by atoms with Gasteiger partial charge in [-0.3, -0.25) is 9.59 Å². The second-order valence-electron chi connectivity index (χ2n) is 6.87. The minimum absolute atomic E-state index is 0.0187. The fourth-order valence-electron chi connectivity index (χ4n) is 2.76. The molecule has 7 heteroatoms. The van der Waals surface area contributed by atoms with Crippen molar-refractivity contribution in [2.24, 2.45) is 5.92 Å². The van der Waals surface area contributed by atoms with E-state index in [2.05, 4.69) is 19.2 Å². The van der Waals surface area contributed by atoms with Gasteiger partial charge in [0.15, 0.2) is 15.9 Å². The van der Waals surface area contributed by atoms with Gasteiger partial charge >= 0.3 is 5.97 Å². The molecule has 1 aromatic rings. The lowest BCUT2D eigenvalue weighted by molar-refractivity contribution is -0.153. The van der Waals surface area contributed by atoms with E-state index in [4.69, 9.17) is 4.74 Å². The summed E-state index contributed by atoms with van der Waals surface area (Å²) in [6, 6.07) is 7.51. The number of ether oxygens (including phenoxy) is 1. The molecule has 1 heterocycles. The van der Waals surface area contributed by atoms with Crippen LogP contribution in [0.4, 0.5) is 5.69 Å². The Morgan fingerprint density at radius 1 is 1.20 bits per heavy atom. The Morgan fingerprint density at radius 3 is 2.36 bits per heavy atom. The third-order valence-electron chi connectivity index (χ3n) is 4.30. The molecule has 1 saturated heterocycles. The topological polar surface area (TPSA) is 89.5 Å². The molecule has 2 atom stereocenters. The summed E-state index contributed by atoms with van der Waals surface area (Å²) >= 11 is 0. The average Bonchev–Trinajstić information content (AvgIpc) is 2.86. The summed E-state index contributed by atoms with van der Waals surface area (Å²) in [5, 5.41) is 2.71. The molecular weight excluding hydrogens is 342 g/mol. The Kier molecular flexibility index (Phi) is 6.21. The van der Waals surface area contributed by atoms with Crippen LogP contribution < -0.4 is 5.32 Å². The highest BCUT2D eigenvalue weighted by Gasteiger charge is 2.30. The zero-order valence-electron chi connectivity index (χ0n) is 14.8. The van der Waals surface area contributed by atoms with Crippen LogP contribution in [0.25, 0.3) is 0 Å². The van der Waals surface area contributed by atoms with E-state index in [9.17, 15) is 18.0 Å². The van der Waals surface area contributed by atoms with E-state index in [1.54, 1.807) is 0 Å². The van der Waals surface area contributed by atoms with Gasteiger partial charge in [0.1, 0.15) is 0 Å². The highest BCUT2D eigenvalue weighted by atomic mass is 32.2. The molecule has 1 aliphatic rings. The molecule has 1 amide bonds. The number of amides is 1. The summed E-state index contributed by atoms with van der Waals surface area (Å²) < 4.78 is 27.9.